The van der Waals surface area contributed by atoms with Gasteiger partial charge in [0.15, 0.2) is 17.3 Å². The van der Waals surface area contributed by atoms with Crippen LogP contribution in [-0.4, -0.2) is 23.6 Å². The Morgan fingerprint density at radius 3 is 2.89 bits per heavy atom. The molecule has 0 amide bonds. The highest BCUT2D eigenvalue weighted by molar-refractivity contribution is 6.22. The highest BCUT2D eigenvalue weighted by Gasteiger charge is 2.30. The molecule has 98 valence electrons. The van der Waals surface area contributed by atoms with Gasteiger partial charge in [-0.1, -0.05) is 11.6 Å². The summed E-state index contributed by atoms with van der Waals surface area (Å²) in [6, 6.07) is 1.25. The Bertz CT molecular complexity index is 477. The maximum Gasteiger partial charge on any atom is 0.357 e. The van der Waals surface area contributed by atoms with Crippen LogP contribution >= 0.6 is 11.6 Å². The number of methoxy groups -OCH3 is 1. The van der Waals surface area contributed by atoms with E-state index in [1.165, 1.54) is 13.2 Å². The second-order valence-electron chi connectivity index (χ2n) is 4.36. The lowest BCUT2D eigenvalue weighted by Crippen LogP contribution is -2.18. The number of aryl methyl sites for hydroxylation is 1. The molecule has 0 saturated heterocycles. The second kappa shape index (κ2) is 5.10. The number of nitrogens with one attached hydrogen (secondary N) is 1. The van der Waals surface area contributed by atoms with Gasteiger partial charge in [-0.15, -0.1) is 0 Å². The van der Waals surface area contributed by atoms with Crippen molar-refractivity contribution in [2.45, 2.75) is 25.3 Å². The quantitative estimate of drug-likeness (QED) is 0.520. The number of nitrogens with zero attached hydrogens (tertiary/aromatic N) is 1. The number of hydrogen-bond acceptors (Lipinski definition) is 4. The fraction of sp³-hybridized carbons (Fsp3) is 0.500. The number of pyridine rings is 1. The summed E-state index contributed by atoms with van der Waals surface area (Å²) in [5, 5.41) is 2.79. The number of carbonyl (C=O) groups excluding carboxylic acids is 1. The third kappa shape index (κ3) is 2.72. The fourth-order valence-electron chi connectivity index (χ4n) is 1.62. The van der Waals surface area contributed by atoms with Crippen molar-refractivity contribution in [3.8, 4) is 0 Å². The van der Waals surface area contributed by atoms with Gasteiger partial charge in [-0.05, 0) is 37.3 Å². The van der Waals surface area contributed by atoms with Gasteiger partial charge in [0.2, 0.25) is 0 Å². The third-order valence-electron chi connectivity index (χ3n) is 2.86. The van der Waals surface area contributed by atoms with Crippen molar-refractivity contribution in [1.82, 2.24) is 4.98 Å². The summed E-state index contributed by atoms with van der Waals surface area (Å²) in [4.78, 5) is 15.4. The van der Waals surface area contributed by atoms with Crippen LogP contribution in [0.1, 0.15) is 28.9 Å². The number of carbonyl (C=O) groups is 1. The highest BCUT2D eigenvalue weighted by Crippen LogP contribution is 2.36. The molecule has 0 radical (unpaired) electrons. The van der Waals surface area contributed by atoms with Crippen LogP contribution in [0.2, 0.25) is 0 Å². The molecule has 0 spiro atoms. The zero-order chi connectivity index (χ0) is 13.3. The first-order chi connectivity index (χ1) is 8.52. The van der Waals surface area contributed by atoms with Gasteiger partial charge in [-0.3, -0.25) is 0 Å². The minimum absolute atomic E-state index is 0.00657. The molecule has 0 aromatic carbocycles. The van der Waals surface area contributed by atoms with Gasteiger partial charge in [-0.2, -0.15) is 0 Å². The summed E-state index contributed by atoms with van der Waals surface area (Å²) in [5.41, 5.74) is 0.170. The van der Waals surface area contributed by atoms with Crippen LogP contribution in [0, 0.1) is 18.7 Å². The van der Waals surface area contributed by atoms with Crippen molar-refractivity contribution < 1.29 is 13.9 Å². The minimum Gasteiger partial charge on any atom is -0.464 e. The molecule has 18 heavy (non-hydrogen) atoms. The molecule has 1 unspecified atom stereocenters. The van der Waals surface area contributed by atoms with Gasteiger partial charge >= 0.3 is 5.97 Å². The van der Waals surface area contributed by atoms with Gasteiger partial charge in [0.25, 0.3) is 0 Å². The average Bonchev–Trinajstić information content (AvgIpc) is 3.15. The van der Waals surface area contributed by atoms with E-state index < -0.39 is 11.8 Å². The zero-order valence-corrected chi connectivity index (χ0v) is 10.9. The number of alkyl halides is 1. The molecule has 1 heterocycles. The number of rotatable bonds is 4. The summed E-state index contributed by atoms with van der Waals surface area (Å²) >= 11 is 6.06. The number of ether oxygens (including phenoxy) is 1. The molecule has 2 rings (SSSR count). The van der Waals surface area contributed by atoms with E-state index in [9.17, 15) is 9.18 Å². The van der Waals surface area contributed by atoms with Crippen LogP contribution in [-0.2, 0) is 4.74 Å². The average molecular weight is 273 g/mol. The van der Waals surface area contributed by atoms with E-state index >= 15 is 0 Å². The molecular formula is C12H14ClFN2O2. The first-order valence-electron chi connectivity index (χ1n) is 5.69. The van der Waals surface area contributed by atoms with Crippen LogP contribution < -0.4 is 5.32 Å². The van der Waals surface area contributed by atoms with Crippen molar-refractivity contribution in [2.75, 3.05) is 12.4 Å². The molecule has 0 bridgehead atoms. The molecule has 1 atom stereocenters. The maximum absolute atomic E-state index is 13.7. The van der Waals surface area contributed by atoms with Crippen molar-refractivity contribution in [2.24, 2.45) is 5.92 Å². The number of esters is 1. The fourth-order valence-corrected chi connectivity index (χ4v) is 1.98. The Balaban J connectivity index is 2.25. The number of halogens is 2. The van der Waals surface area contributed by atoms with Gasteiger partial charge in [-0.25, -0.2) is 14.2 Å². The van der Waals surface area contributed by atoms with Gasteiger partial charge in [0.1, 0.15) is 5.50 Å². The zero-order valence-electron chi connectivity index (χ0n) is 10.2. The summed E-state index contributed by atoms with van der Waals surface area (Å²) in [5.74, 6) is -0.775. The van der Waals surface area contributed by atoms with Crippen LogP contribution in [0.4, 0.5) is 10.2 Å². The first kappa shape index (κ1) is 13.1. The van der Waals surface area contributed by atoms with Crippen molar-refractivity contribution in [3.63, 3.8) is 0 Å². The van der Waals surface area contributed by atoms with Crippen LogP contribution in [0.3, 0.4) is 0 Å². The van der Waals surface area contributed by atoms with Crippen LogP contribution in [0.15, 0.2) is 6.07 Å². The Morgan fingerprint density at radius 1 is 1.67 bits per heavy atom. The van der Waals surface area contributed by atoms with Crippen LogP contribution in [0.25, 0.3) is 0 Å². The van der Waals surface area contributed by atoms with Gasteiger partial charge in [0.05, 0.1) is 7.11 Å². The van der Waals surface area contributed by atoms with Crippen molar-refractivity contribution in [3.05, 3.63) is 23.1 Å². The van der Waals surface area contributed by atoms with E-state index in [1.807, 2.05) is 0 Å². The summed E-state index contributed by atoms with van der Waals surface area (Å²) in [7, 11) is 1.26. The molecule has 1 saturated carbocycles. The summed E-state index contributed by atoms with van der Waals surface area (Å²) in [6.45, 7) is 1.60. The molecule has 1 fully saturated rings. The van der Waals surface area contributed by atoms with E-state index in [0.29, 0.717) is 11.5 Å². The summed E-state index contributed by atoms with van der Waals surface area (Å²) in [6.07, 6.45) is 2.05. The number of hydrogen-bond donors (Lipinski definition) is 1. The molecule has 6 heteroatoms. The molecule has 4 nitrogen and oxygen atoms in total. The second-order valence-corrected chi connectivity index (χ2v) is 4.83. The lowest BCUT2D eigenvalue weighted by atomic mass is 10.2. The molecule has 1 N–H and O–H groups in total. The van der Waals surface area contributed by atoms with E-state index in [-0.39, 0.29) is 17.0 Å². The molecule has 1 aliphatic rings. The van der Waals surface area contributed by atoms with Crippen molar-refractivity contribution >= 4 is 23.4 Å². The molecule has 1 aromatic rings. The highest BCUT2D eigenvalue weighted by atomic mass is 35.5. The molecule has 1 aliphatic carbocycles. The lowest BCUT2D eigenvalue weighted by Gasteiger charge is -2.13. The van der Waals surface area contributed by atoms with Crippen LogP contribution in [0.5, 0.6) is 0 Å². The Kier molecular flexibility index (Phi) is 3.71. The normalized spacial score (nSPS) is 16.2. The van der Waals surface area contributed by atoms with E-state index in [2.05, 4.69) is 15.0 Å². The number of anilines is 1. The molecule has 1 aromatic heterocycles. The monoisotopic (exact) mass is 272 g/mol. The van der Waals surface area contributed by atoms with E-state index in [0.717, 1.165) is 12.8 Å². The van der Waals surface area contributed by atoms with E-state index in [4.69, 9.17) is 11.6 Å². The molecular weight excluding hydrogens is 259 g/mol. The standard InChI is InChI=1S/C12H14ClFN2O2/c1-6-5-8(14)11(15-9(6)12(17)18-2)16-10(13)7-3-4-7/h5,7,10H,3-4H2,1-2H3,(H,15,16). The smallest absolute Gasteiger partial charge is 0.357 e. The van der Waals surface area contributed by atoms with Gasteiger partial charge < -0.3 is 10.1 Å². The number of aromatic nitrogens is 1. The predicted octanol–water partition coefficient (Wildman–Crippen LogP) is 2.70. The van der Waals surface area contributed by atoms with E-state index in [1.54, 1.807) is 6.92 Å². The first-order valence-corrected chi connectivity index (χ1v) is 6.12. The largest absolute Gasteiger partial charge is 0.464 e. The summed E-state index contributed by atoms with van der Waals surface area (Å²) < 4.78 is 18.3. The Morgan fingerprint density at radius 2 is 2.33 bits per heavy atom. The maximum atomic E-state index is 13.7. The third-order valence-corrected chi connectivity index (χ3v) is 3.32. The van der Waals surface area contributed by atoms with Gasteiger partial charge in [0, 0.05) is 0 Å². The minimum atomic E-state index is -0.590. The van der Waals surface area contributed by atoms with Crippen molar-refractivity contribution in [1.29, 1.82) is 0 Å². The topological polar surface area (TPSA) is 51.2 Å². The lowest BCUT2D eigenvalue weighted by molar-refractivity contribution is 0.0593. The SMILES string of the molecule is COC(=O)c1nc(NC(Cl)C2CC2)c(F)cc1C. The predicted molar refractivity (Wildman–Crippen MR) is 66.3 cm³/mol. The Hall–Kier alpha value is -1.36. The Labute approximate surface area is 109 Å². The molecule has 0 aliphatic heterocycles.